The van der Waals surface area contributed by atoms with Crippen LogP contribution in [-0.4, -0.2) is 57.7 Å². The molecule has 0 saturated carbocycles. The van der Waals surface area contributed by atoms with Gasteiger partial charge in [0.1, 0.15) is 5.75 Å². The average molecular weight is 520 g/mol. The first kappa shape index (κ1) is 29.6. The molecule has 8 nitrogen and oxygen atoms in total. The standard InChI is InChI=1S/C25H35N3O5S.C2H6/c1-5-15-33-22-11-9-21(10-12-22)26-25(29)28-19(4)17-20-8-13-23(18-24(20)28)34(30,31)27(6-2)14-16-32-7-3;1-2/h8-13,18-19H,5-7,14-17H2,1-4H3,(H,26,29);1-2H3. The van der Waals surface area contributed by atoms with Crippen LogP contribution >= 0.6 is 0 Å². The molecule has 1 heterocycles. The van der Waals surface area contributed by atoms with Crippen molar-refractivity contribution >= 4 is 27.4 Å². The summed E-state index contributed by atoms with van der Waals surface area (Å²) in [6, 6.07) is 11.9. The van der Waals surface area contributed by atoms with E-state index >= 15 is 0 Å². The summed E-state index contributed by atoms with van der Waals surface area (Å²) in [5.41, 5.74) is 2.21. The zero-order valence-electron chi connectivity index (χ0n) is 22.4. The number of amides is 2. The SMILES string of the molecule is CC.CCCOc1ccc(NC(=O)N2c3cc(S(=O)(=O)N(CC)CCOCC)ccc3CC2C)cc1. The topological polar surface area (TPSA) is 88.2 Å². The third-order valence-electron chi connectivity index (χ3n) is 5.75. The molecule has 0 aliphatic carbocycles. The van der Waals surface area contributed by atoms with E-state index in [1.165, 1.54) is 4.31 Å². The maximum atomic E-state index is 13.3. The third-order valence-corrected chi connectivity index (χ3v) is 7.72. The Morgan fingerprint density at radius 3 is 2.39 bits per heavy atom. The molecule has 0 aromatic heterocycles. The van der Waals surface area contributed by atoms with Crippen molar-refractivity contribution in [2.24, 2.45) is 0 Å². The Hall–Kier alpha value is -2.62. The van der Waals surface area contributed by atoms with Gasteiger partial charge in [0.05, 0.1) is 23.8 Å². The lowest BCUT2D eigenvalue weighted by molar-refractivity contribution is 0.135. The van der Waals surface area contributed by atoms with Gasteiger partial charge >= 0.3 is 6.03 Å². The molecular weight excluding hydrogens is 478 g/mol. The van der Waals surface area contributed by atoms with Crippen molar-refractivity contribution in [1.82, 2.24) is 4.31 Å². The molecule has 0 radical (unpaired) electrons. The lowest BCUT2D eigenvalue weighted by Crippen LogP contribution is -2.39. The first-order valence-corrected chi connectivity index (χ1v) is 14.3. The number of fused-ring (bicyclic) bond motifs is 1. The van der Waals surface area contributed by atoms with E-state index in [4.69, 9.17) is 9.47 Å². The minimum atomic E-state index is -3.71. The van der Waals surface area contributed by atoms with E-state index in [-0.39, 0.29) is 23.5 Å². The van der Waals surface area contributed by atoms with Gasteiger partial charge in [-0.1, -0.05) is 33.8 Å². The molecule has 1 unspecified atom stereocenters. The number of urea groups is 1. The Labute approximate surface area is 216 Å². The quantitative estimate of drug-likeness (QED) is 0.394. The van der Waals surface area contributed by atoms with E-state index in [1.54, 1.807) is 36.1 Å². The largest absolute Gasteiger partial charge is 0.494 e. The third kappa shape index (κ3) is 7.21. The van der Waals surface area contributed by atoms with Crippen LogP contribution in [0.4, 0.5) is 16.2 Å². The van der Waals surface area contributed by atoms with Crippen molar-refractivity contribution in [1.29, 1.82) is 0 Å². The Kier molecular flexibility index (Phi) is 11.7. The Bertz CT molecular complexity index is 1070. The van der Waals surface area contributed by atoms with Gasteiger partial charge in [-0.05, 0) is 68.7 Å². The number of anilines is 2. The van der Waals surface area contributed by atoms with Crippen LogP contribution < -0.4 is 15.0 Å². The molecule has 0 saturated heterocycles. The van der Waals surface area contributed by atoms with Gasteiger partial charge in [0.25, 0.3) is 0 Å². The molecule has 1 aliphatic heterocycles. The molecule has 1 N–H and O–H groups in total. The lowest BCUT2D eigenvalue weighted by atomic mass is 10.1. The smallest absolute Gasteiger partial charge is 0.326 e. The van der Waals surface area contributed by atoms with Crippen molar-refractivity contribution in [3.63, 3.8) is 0 Å². The molecule has 2 aromatic rings. The number of likely N-dealkylation sites (N-methyl/N-ethyl adjacent to an activating group) is 1. The number of nitrogens with one attached hydrogen (secondary N) is 1. The summed E-state index contributed by atoms with van der Waals surface area (Å²) < 4.78 is 38.8. The maximum Gasteiger partial charge on any atom is 0.326 e. The van der Waals surface area contributed by atoms with Crippen molar-refractivity contribution in [3.05, 3.63) is 48.0 Å². The number of carbonyl (C=O) groups excluding carboxylic acids is 1. The Morgan fingerprint density at radius 2 is 1.78 bits per heavy atom. The highest BCUT2D eigenvalue weighted by Crippen LogP contribution is 2.35. The van der Waals surface area contributed by atoms with Crippen LogP contribution in [0.5, 0.6) is 5.75 Å². The summed E-state index contributed by atoms with van der Waals surface area (Å²) in [6.45, 7) is 13.8. The summed E-state index contributed by atoms with van der Waals surface area (Å²) in [4.78, 5) is 15.0. The second kappa shape index (κ2) is 14.2. The zero-order chi connectivity index (χ0) is 26.7. The van der Waals surface area contributed by atoms with E-state index in [1.807, 2.05) is 52.8 Å². The first-order valence-electron chi connectivity index (χ1n) is 12.9. The van der Waals surface area contributed by atoms with Crippen LogP contribution in [0.15, 0.2) is 47.4 Å². The predicted octanol–water partition coefficient (Wildman–Crippen LogP) is 5.53. The van der Waals surface area contributed by atoms with Crippen molar-refractivity contribution in [3.8, 4) is 5.75 Å². The van der Waals surface area contributed by atoms with Gasteiger partial charge in [-0.15, -0.1) is 0 Å². The van der Waals surface area contributed by atoms with Crippen LogP contribution in [0, 0.1) is 0 Å². The van der Waals surface area contributed by atoms with Crippen LogP contribution in [0.1, 0.15) is 53.5 Å². The van der Waals surface area contributed by atoms with E-state index < -0.39 is 10.0 Å². The van der Waals surface area contributed by atoms with Crippen molar-refractivity contribution in [2.75, 3.05) is 43.1 Å². The molecule has 0 fully saturated rings. The van der Waals surface area contributed by atoms with Gasteiger partial charge < -0.3 is 14.8 Å². The number of sulfonamides is 1. The minimum absolute atomic E-state index is 0.0969. The lowest BCUT2D eigenvalue weighted by Gasteiger charge is -2.24. The number of ether oxygens (including phenoxy) is 2. The highest BCUT2D eigenvalue weighted by Gasteiger charge is 2.33. The predicted molar refractivity (Wildman–Crippen MR) is 146 cm³/mol. The Morgan fingerprint density at radius 1 is 1.08 bits per heavy atom. The summed E-state index contributed by atoms with van der Waals surface area (Å²) in [7, 11) is -3.71. The number of carbonyl (C=O) groups is 1. The minimum Gasteiger partial charge on any atom is -0.494 e. The van der Waals surface area contributed by atoms with Gasteiger partial charge in [-0.2, -0.15) is 4.31 Å². The van der Waals surface area contributed by atoms with Crippen LogP contribution in [0.25, 0.3) is 0 Å². The average Bonchev–Trinajstić information content (AvgIpc) is 3.22. The zero-order valence-corrected chi connectivity index (χ0v) is 23.2. The van der Waals surface area contributed by atoms with Crippen LogP contribution in [0.3, 0.4) is 0 Å². The first-order chi connectivity index (χ1) is 17.3. The van der Waals surface area contributed by atoms with Crippen molar-refractivity contribution in [2.45, 2.75) is 65.3 Å². The second-order valence-corrected chi connectivity index (χ2v) is 10.1. The number of nitrogens with zero attached hydrogens (tertiary/aromatic N) is 2. The number of rotatable bonds is 11. The second-order valence-electron chi connectivity index (χ2n) is 8.21. The molecule has 0 bridgehead atoms. The van der Waals surface area contributed by atoms with Crippen LogP contribution in [-0.2, 0) is 21.2 Å². The fourth-order valence-corrected chi connectivity index (χ4v) is 5.46. The van der Waals surface area contributed by atoms with E-state index in [9.17, 15) is 13.2 Å². The normalized spacial score (nSPS) is 14.8. The monoisotopic (exact) mass is 519 g/mol. The van der Waals surface area contributed by atoms with Crippen LogP contribution in [0.2, 0.25) is 0 Å². The molecule has 1 atom stereocenters. The summed E-state index contributed by atoms with van der Waals surface area (Å²) in [5.74, 6) is 0.749. The number of benzene rings is 2. The fraction of sp³-hybridized carbons (Fsp3) is 0.519. The molecule has 200 valence electrons. The molecule has 9 heteroatoms. The van der Waals surface area contributed by atoms with Gasteiger partial charge in [0, 0.05) is 31.4 Å². The summed E-state index contributed by atoms with van der Waals surface area (Å²) in [5, 5.41) is 2.92. The highest BCUT2D eigenvalue weighted by atomic mass is 32.2. The highest BCUT2D eigenvalue weighted by molar-refractivity contribution is 7.89. The Balaban J connectivity index is 0.00000222. The molecule has 3 rings (SSSR count). The number of hydrogen-bond donors (Lipinski definition) is 1. The van der Waals surface area contributed by atoms with E-state index in [2.05, 4.69) is 5.32 Å². The molecule has 0 spiro atoms. The molecule has 2 amide bonds. The van der Waals surface area contributed by atoms with Crippen molar-refractivity contribution < 1.29 is 22.7 Å². The summed E-state index contributed by atoms with van der Waals surface area (Å²) >= 11 is 0. The van der Waals surface area contributed by atoms with E-state index in [0.29, 0.717) is 44.2 Å². The molecule has 1 aliphatic rings. The van der Waals surface area contributed by atoms with Gasteiger partial charge in [-0.25, -0.2) is 13.2 Å². The van der Waals surface area contributed by atoms with E-state index in [0.717, 1.165) is 17.7 Å². The van der Waals surface area contributed by atoms with Gasteiger partial charge in [0.2, 0.25) is 10.0 Å². The molecular formula is C27H41N3O5S. The fourth-order valence-electron chi connectivity index (χ4n) is 4.00. The maximum absolute atomic E-state index is 13.3. The van der Waals surface area contributed by atoms with Gasteiger partial charge in [0.15, 0.2) is 0 Å². The van der Waals surface area contributed by atoms with Gasteiger partial charge in [-0.3, -0.25) is 4.90 Å². The summed E-state index contributed by atoms with van der Waals surface area (Å²) in [6.07, 6.45) is 1.58. The number of hydrogen-bond acceptors (Lipinski definition) is 5. The molecule has 2 aromatic carbocycles. The molecule has 36 heavy (non-hydrogen) atoms.